The molecule has 1 aromatic rings. The number of halogens is 1. The first-order valence-electron chi connectivity index (χ1n) is 8.25. The lowest BCUT2D eigenvalue weighted by Gasteiger charge is -2.24. The predicted octanol–water partition coefficient (Wildman–Crippen LogP) is 2.78. The molecule has 0 saturated heterocycles. The molecule has 25 heavy (non-hydrogen) atoms. The van der Waals surface area contributed by atoms with Crippen LogP contribution in [-0.4, -0.2) is 22.9 Å². The molecule has 2 aliphatic carbocycles. The summed E-state index contributed by atoms with van der Waals surface area (Å²) in [5.41, 5.74) is 0.323. The summed E-state index contributed by atoms with van der Waals surface area (Å²) in [6, 6.07) is 3.89. The van der Waals surface area contributed by atoms with Crippen molar-refractivity contribution in [3.05, 3.63) is 36.2 Å². The number of hydrogen-bond donors (Lipinski definition) is 3. The lowest BCUT2D eigenvalue weighted by atomic mass is 9.82. The van der Waals surface area contributed by atoms with Gasteiger partial charge in [0.25, 0.3) is 0 Å². The summed E-state index contributed by atoms with van der Waals surface area (Å²) in [5, 5.41) is 14.4. The van der Waals surface area contributed by atoms with Crippen molar-refractivity contribution in [2.24, 2.45) is 17.8 Å². The van der Waals surface area contributed by atoms with Crippen molar-refractivity contribution >= 4 is 29.2 Å². The summed E-state index contributed by atoms with van der Waals surface area (Å²) in [7, 11) is 0. The molecule has 1 aromatic carbocycles. The number of carboxylic acids is 1. The van der Waals surface area contributed by atoms with Gasteiger partial charge < -0.3 is 15.7 Å². The van der Waals surface area contributed by atoms with Crippen LogP contribution in [0, 0.1) is 23.6 Å². The third-order valence-electron chi connectivity index (χ3n) is 4.53. The van der Waals surface area contributed by atoms with E-state index < -0.39 is 29.5 Å². The first-order chi connectivity index (χ1) is 12.0. The minimum Gasteiger partial charge on any atom is -0.481 e. The molecule has 2 amide bonds. The second-order valence-electron chi connectivity index (χ2n) is 6.44. The van der Waals surface area contributed by atoms with E-state index in [4.69, 9.17) is 0 Å². The summed E-state index contributed by atoms with van der Waals surface area (Å²) in [5.74, 6) is -3.79. The number of carbonyl (C=O) groups excluding carboxylic acids is 2. The smallest absolute Gasteiger partial charge is 0.307 e. The first-order valence-corrected chi connectivity index (χ1v) is 8.25. The highest BCUT2D eigenvalue weighted by atomic mass is 19.1. The van der Waals surface area contributed by atoms with E-state index in [0.717, 1.165) is 18.9 Å². The highest BCUT2D eigenvalue weighted by Crippen LogP contribution is 2.31. The van der Waals surface area contributed by atoms with E-state index >= 15 is 0 Å². The Hall–Kier alpha value is -2.70. The van der Waals surface area contributed by atoms with E-state index in [1.807, 2.05) is 0 Å². The zero-order chi connectivity index (χ0) is 18.0. The van der Waals surface area contributed by atoms with Crippen molar-refractivity contribution in [2.45, 2.75) is 25.7 Å². The summed E-state index contributed by atoms with van der Waals surface area (Å²) < 4.78 is 13.9. The number of amides is 2. The van der Waals surface area contributed by atoms with E-state index in [1.54, 1.807) is 12.2 Å². The molecule has 0 heterocycles. The van der Waals surface area contributed by atoms with Crippen LogP contribution in [-0.2, 0) is 14.4 Å². The van der Waals surface area contributed by atoms with Gasteiger partial charge >= 0.3 is 5.97 Å². The molecule has 6 nitrogen and oxygen atoms in total. The zero-order valence-electron chi connectivity index (χ0n) is 13.5. The van der Waals surface area contributed by atoms with Gasteiger partial charge in [0, 0.05) is 11.6 Å². The molecule has 0 unspecified atom stereocenters. The van der Waals surface area contributed by atoms with Gasteiger partial charge in [0.1, 0.15) is 5.82 Å². The fraction of sp³-hybridized carbons (Fsp3) is 0.389. The van der Waals surface area contributed by atoms with Gasteiger partial charge in [-0.2, -0.15) is 0 Å². The van der Waals surface area contributed by atoms with Crippen LogP contribution in [0.4, 0.5) is 15.8 Å². The standard InChI is InChI=1S/C18H19FN2O4/c19-14-8-7-11(9-15(14)21-16(22)10-5-6-10)20-17(23)12-3-1-2-4-13(12)18(24)25/h1-2,7-10,12-13H,3-6H2,(H,20,23)(H,21,22)(H,24,25)/t12-,13-/m1/s1. The molecule has 3 rings (SSSR count). The van der Waals surface area contributed by atoms with Gasteiger partial charge in [-0.15, -0.1) is 0 Å². The van der Waals surface area contributed by atoms with Crippen LogP contribution >= 0.6 is 0 Å². The number of allylic oxidation sites excluding steroid dienone is 2. The number of aliphatic carboxylic acids is 1. The number of hydrogen-bond acceptors (Lipinski definition) is 3. The van der Waals surface area contributed by atoms with Crippen molar-refractivity contribution < 1.29 is 23.9 Å². The molecule has 132 valence electrons. The Bertz CT molecular complexity index is 743. The molecule has 0 radical (unpaired) electrons. The van der Waals surface area contributed by atoms with Crippen molar-refractivity contribution in [3.63, 3.8) is 0 Å². The van der Waals surface area contributed by atoms with Gasteiger partial charge in [0.15, 0.2) is 0 Å². The van der Waals surface area contributed by atoms with Gasteiger partial charge in [-0.25, -0.2) is 4.39 Å². The Morgan fingerprint density at radius 3 is 2.32 bits per heavy atom. The maximum atomic E-state index is 13.9. The van der Waals surface area contributed by atoms with Crippen molar-refractivity contribution in [2.75, 3.05) is 10.6 Å². The van der Waals surface area contributed by atoms with Gasteiger partial charge in [-0.05, 0) is 43.9 Å². The highest BCUT2D eigenvalue weighted by Gasteiger charge is 2.34. The molecule has 0 aromatic heterocycles. The topological polar surface area (TPSA) is 95.5 Å². The van der Waals surface area contributed by atoms with E-state index in [9.17, 15) is 23.9 Å². The Kier molecular flexibility index (Phi) is 4.83. The Morgan fingerprint density at radius 2 is 1.68 bits per heavy atom. The van der Waals surface area contributed by atoms with Gasteiger partial charge in [0.05, 0.1) is 17.5 Å². The molecule has 7 heteroatoms. The molecular formula is C18H19FN2O4. The molecule has 1 saturated carbocycles. The second-order valence-corrected chi connectivity index (χ2v) is 6.44. The molecular weight excluding hydrogens is 327 g/mol. The van der Waals surface area contributed by atoms with E-state index in [2.05, 4.69) is 10.6 Å². The zero-order valence-corrected chi connectivity index (χ0v) is 13.5. The van der Waals surface area contributed by atoms with Crippen molar-refractivity contribution in [1.82, 2.24) is 0 Å². The minimum atomic E-state index is -1.01. The quantitative estimate of drug-likeness (QED) is 0.715. The van der Waals surface area contributed by atoms with Crippen molar-refractivity contribution in [3.8, 4) is 0 Å². The van der Waals surface area contributed by atoms with Gasteiger partial charge in [-0.1, -0.05) is 12.2 Å². The molecule has 0 spiro atoms. The minimum absolute atomic E-state index is 0.00743. The molecule has 0 bridgehead atoms. The third kappa shape index (κ3) is 4.04. The van der Waals surface area contributed by atoms with Gasteiger partial charge in [-0.3, -0.25) is 14.4 Å². The normalized spacial score (nSPS) is 22.3. The second kappa shape index (κ2) is 7.04. The maximum Gasteiger partial charge on any atom is 0.307 e. The number of rotatable bonds is 5. The molecule has 2 aliphatic rings. The highest BCUT2D eigenvalue weighted by molar-refractivity contribution is 5.97. The van der Waals surface area contributed by atoms with Crippen LogP contribution in [0.2, 0.25) is 0 Å². The van der Waals surface area contributed by atoms with E-state index in [0.29, 0.717) is 18.5 Å². The van der Waals surface area contributed by atoms with Gasteiger partial charge in [0.2, 0.25) is 11.8 Å². The Morgan fingerprint density at radius 1 is 1.00 bits per heavy atom. The third-order valence-corrected chi connectivity index (χ3v) is 4.53. The molecule has 2 atom stereocenters. The lowest BCUT2D eigenvalue weighted by Crippen LogP contribution is -2.34. The lowest BCUT2D eigenvalue weighted by molar-refractivity contribution is -0.146. The summed E-state index contributed by atoms with van der Waals surface area (Å²) >= 11 is 0. The van der Waals surface area contributed by atoms with Crippen LogP contribution in [0.25, 0.3) is 0 Å². The van der Waals surface area contributed by atoms with Crippen LogP contribution < -0.4 is 10.6 Å². The van der Waals surface area contributed by atoms with Crippen LogP contribution in [0.15, 0.2) is 30.4 Å². The van der Waals surface area contributed by atoms with Crippen LogP contribution in [0.3, 0.4) is 0 Å². The van der Waals surface area contributed by atoms with E-state index in [-0.39, 0.29) is 17.5 Å². The Balaban J connectivity index is 1.71. The maximum absolute atomic E-state index is 13.9. The van der Waals surface area contributed by atoms with Crippen LogP contribution in [0.5, 0.6) is 0 Å². The fourth-order valence-corrected chi connectivity index (χ4v) is 2.89. The fourth-order valence-electron chi connectivity index (χ4n) is 2.89. The summed E-state index contributed by atoms with van der Waals surface area (Å²) in [6.07, 6.45) is 5.79. The molecule has 0 aliphatic heterocycles. The number of carbonyl (C=O) groups is 3. The first kappa shape index (κ1) is 17.1. The monoisotopic (exact) mass is 346 g/mol. The number of benzene rings is 1. The largest absolute Gasteiger partial charge is 0.481 e. The number of anilines is 2. The molecule has 1 fully saturated rings. The Labute approximate surface area is 144 Å². The summed E-state index contributed by atoms with van der Waals surface area (Å²) in [4.78, 5) is 35.5. The van der Waals surface area contributed by atoms with Crippen molar-refractivity contribution in [1.29, 1.82) is 0 Å². The molecule has 3 N–H and O–H groups in total. The SMILES string of the molecule is O=C(Nc1cc(NC(=O)[C@@H]2CC=CC[C@H]2C(=O)O)ccc1F)C1CC1. The average molecular weight is 346 g/mol. The average Bonchev–Trinajstić information content (AvgIpc) is 3.43. The summed E-state index contributed by atoms with van der Waals surface area (Å²) in [6.45, 7) is 0. The van der Waals surface area contributed by atoms with Crippen LogP contribution in [0.1, 0.15) is 25.7 Å². The predicted molar refractivity (Wildman–Crippen MR) is 89.4 cm³/mol. The number of carboxylic acid groups (broad SMARTS) is 1. The number of nitrogens with one attached hydrogen (secondary N) is 2. The van der Waals surface area contributed by atoms with E-state index in [1.165, 1.54) is 12.1 Å².